The molecule has 5 rings (SSSR count). The van der Waals surface area contributed by atoms with Crippen LogP contribution in [0.5, 0.6) is 0 Å². The van der Waals surface area contributed by atoms with Crippen molar-refractivity contribution in [2.75, 3.05) is 12.4 Å². The van der Waals surface area contributed by atoms with Gasteiger partial charge in [-0.2, -0.15) is 0 Å². The Morgan fingerprint density at radius 3 is 2.52 bits per heavy atom. The molecule has 3 nitrogen and oxygen atoms in total. The van der Waals surface area contributed by atoms with E-state index in [9.17, 15) is 4.79 Å². The van der Waals surface area contributed by atoms with E-state index in [-0.39, 0.29) is 12.0 Å². The number of para-hydroxylation sites is 1. The van der Waals surface area contributed by atoms with E-state index in [2.05, 4.69) is 72.1 Å². The molecule has 3 atom stereocenters. The third kappa shape index (κ3) is 3.03. The minimum atomic E-state index is -0.301. The predicted octanol–water partition coefficient (Wildman–Crippen LogP) is 5.97. The summed E-state index contributed by atoms with van der Waals surface area (Å²) in [6, 6.07) is 25.2. The summed E-state index contributed by atoms with van der Waals surface area (Å²) in [6.07, 6.45) is 5.71. The second-order valence-electron chi connectivity index (χ2n) is 7.72. The van der Waals surface area contributed by atoms with Crippen molar-refractivity contribution in [2.24, 2.45) is 5.92 Å². The molecule has 0 saturated heterocycles. The van der Waals surface area contributed by atoms with Gasteiger partial charge < -0.3 is 10.1 Å². The molecule has 1 N–H and O–H groups in total. The Kier molecular flexibility index (Phi) is 4.44. The molecule has 144 valence electrons. The first-order valence-electron chi connectivity index (χ1n) is 10.1. The molecule has 0 unspecified atom stereocenters. The molecule has 0 spiro atoms. The number of ether oxygens (including phenoxy) is 1. The number of carbonyl (C=O) groups is 1. The van der Waals surface area contributed by atoms with Gasteiger partial charge in [0.25, 0.3) is 0 Å². The van der Waals surface area contributed by atoms with Crippen molar-refractivity contribution in [1.29, 1.82) is 0 Å². The molecule has 1 aliphatic carbocycles. The zero-order valence-corrected chi connectivity index (χ0v) is 16.3. The zero-order chi connectivity index (χ0) is 19.8. The first-order chi connectivity index (χ1) is 14.3. The van der Waals surface area contributed by atoms with Crippen LogP contribution in [0.25, 0.3) is 11.1 Å². The molecule has 3 aromatic rings. The number of rotatable bonds is 3. The van der Waals surface area contributed by atoms with Gasteiger partial charge in [-0.1, -0.05) is 72.8 Å². The van der Waals surface area contributed by atoms with Gasteiger partial charge in [0.15, 0.2) is 0 Å². The molecule has 2 aliphatic rings. The van der Waals surface area contributed by atoms with E-state index in [0.29, 0.717) is 17.4 Å². The van der Waals surface area contributed by atoms with Crippen molar-refractivity contribution >= 4 is 11.7 Å². The lowest BCUT2D eigenvalue weighted by molar-refractivity contribution is 0.0600. The SMILES string of the molecule is COC(=O)c1ccc([C@@H]2Nc3c(-c4ccccc4)cccc3[C@@H]3C=CC[C@H]32)cc1. The number of allylic oxidation sites excluding steroid dienone is 2. The molecular formula is C26H23NO2. The summed E-state index contributed by atoms with van der Waals surface area (Å²) in [5, 5.41) is 3.86. The van der Waals surface area contributed by atoms with Crippen LogP contribution in [0.2, 0.25) is 0 Å². The highest BCUT2D eigenvalue weighted by atomic mass is 16.5. The number of esters is 1. The van der Waals surface area contributed by atoms with Crippen molar-refractivity contribution < 1.29 is 9.53 Å². The molecule has 0 fully saturated rings. The topological polar surface area (TPSA) is 38.3 Å². The van der Waals surface area contributed by atoms with Gasteiger partial charge in [-0.05, 0) is 41.2 Å². The Balaban J connectivity index is 1.57. The van der Waals surface area contributed by atoms with Crippen LogP contribution in [0, 0.1) is 5.92 Å². The van der Waals surface area contributed by atoms with Gasteiger partial charge in [0, 0.05) is 17.2 Å². The fourth-order valence-electron chi connectivity index (χ4n) is 4.75. The molecule has 0 radical (unpaired) electrons. The summed E-state index contributed by atoms with van der Waals surface area (Å²) < 4.78 is 4.84. The molecule has 0 aromatic heterocycles. The van der Waals surface area contributed by atoms with E-state index in [4.69, 9.17) is 4.74 Å². The summed E-state index contributed by atoms with van der Waals surface area (Å²) in [6.45, 7) is 0. The minimum absolute atomic E-state index is 0.194. The Morgan fingerprint density at radius 2 is 1.76 bits per heavy atom. The summed E-state index contributed by atoms with van der Waals surface area (Å²) in [4.78, 5) is 11.8. The van der Waals surface area contributed by atoms with Crippen molar-refractivity contribution in [1.82, 2.24) is 0 Å². The average Bonchev–Trinajstić information content (AvgIpc) is 3.28. The molecular weight excluding hydrogens is 358 g/mol. The first kappa shape index (κ1) is 17.7. The first-order valence-corrected chi connectivity index (χ1v) is 10.1. The van der Waals surface area contributed by atoms with Crippen LogP contribution < -0.4 is 5.32 Å². The Hall–Kier alpha value is -3.33. The molecule has 3 heteroatoms. The maximum atomic E-state index is 11.8. The molecule has 0 bridgehead atoms. The van der Waals surface area contributed by atoms with Crippen molar-refractivity contribution in [3.8, 4) is 11.1 Å². The second kappa shape index (κ2) is 7.25. The highest BCUT2D eigenvalue weighted by Gasteiger charge is 2.38. The average molecular weight is 381 g/mol. The second-order valence-corrected chi connectivity index (χ2v) is 7.72. The van der Waals surface area contributed by atoms with Crippen LogP contribution in [0.3, 0.4) is 0 Å². The van der Waals surface area contributed by atoms with Crippen LogP contribution in [0.15, 0.2) is 84.9 Å². The summed E-state index contributed by atoms with van der Waals surface area (Å²) in [5.41, 5.74) is 6.82. The number of nitrogens with one attached hydrogen (secondary N) is 1. The van der Waals surface area contributed by atoms with E-state index < -0.39 is 0 Å². The van der Waals surface area contributed by atoms with Crippen molar-refractivity contribution in [2.45, 2.75) is 18.4 Å². The van der Waals surface area contributed by atoms with E-state index in [1.807, 2.05) is 18.2 Å². The van der Waals surface area contributed by atoms with Gasteiger partial charge in [0.1, 0.15) is 0 Å². The molecule has 1 heterocycles. The van der Waals surface area contributed by atoms with Gasteiger partial charge in [-0.15, -0.1) is 0 Å². The standard InChI is InChI=1S/C26H23NO2/c1-29-26(28)19-15-13-18(14-16-19)24-22-11-6-10-21(22)23-12-5-9-20(25(23)27-24)17-7-3-2-4-8-17/h2-10,12-16,21-22,24,27H,11H2,1H3/t21-,22-,24+/m1/s1. The number of fused-ring (bicyclic) bond motifs is 3. The van der Waals surface area contributed by atoms with E-state index in [1.165, 1.54) is 35.1 Å². The number of anilines is 1. The summed E-state index contributed by atoms with van der Waals surface area (Å²) in [5.74, 6) is 0.572. The molecule has 29 heavy (non-hydrogen) atoms. The largest absolute Gasteiger partial charge is 0.465 e. The maximum absolute atomic E-state index is 11.8. The third-order valence-electron chi connectivity index (χ3n) is 6.17. The maximum Gasteiger partial charge on any atom is 0.337 e. The van der Waals surface area contributed by atoms with Gasteiger partial charge in [-0.3, -0.25) is 0 Å². The summed E-state index contributed by atoms with van der Waals surface area (Å²) in [7, 11) is 1.41. The highest BCUT2D eigenvalue weighted by molar-refractivity contribution is 5.89. The molecule has 0 amide bonds. The minimum Gasteiger partial charge on any atom is -0.465 e. The zero-order valence-electron chi connectivity index (χ0n) is 16.3. The summed E-state index contributed by atoms with van der Waals surface area (Å²) >= 11 is 0. The third-order valence-corrected chi connectivity index (χ3v) is 6.17. The van der Waals surface area contributed by atoms with Gasteiger partial charge >= 0.3 is 5.97 Å². The fraction of sp³-hybridized carbons (Fsp3) is 0.192. The van der Waals surface area contributed by atoms with E-state index in [0.717, 1.165) is 6.42 Å². The van der Waals surface area contributed by atoms with E-state index in [1.54, 1.807) is 0 Å². The number of methoxy groups -OCH3 is 1. The smallest absolute Gasteiger partial charge is 0.337 e. The van der Waals surface area contributed by atoms with Gasteiger partial charge in [0.05, 0.1) is 18.7 Å². The number of benzene rings is 3. The number of hydrogen-bond acceptors (Lipinski definition) is 3. The lowest BCUT2D eigenvalue weighted by Crippen LogP contribution is -2.29. The number of hydrogen-bond donors (Lipinski definition) is 1. The van der Waals surface area contributed by atoms with Crippen LogP contribution in [0.1, 0.15) is 39.9 Å². The predicted molar refractivity (Wildman–Crippen MR) is 116 cm³/mol. The molecule has 0 saturated carbocycles. The highest BCUT2D eigenvalue weighted by Crippen LogP contribution is 2.52. The molecule has 1 aliphatic heterocycles. The molecule has 3 aromatic carbocycles. The normalized spacial score (nSPS) is 21.8. The van der Waals surface area contributed by atoms with Gasteiger partial charge in [0.2, 0.25) is 0 Å². The number of carbonyl (C=O) groups excluding carboxylic acids is 1. The van der Waals surface area contributed by atoms with Crippen LogP contribution in [-0.2, 0) is 4.74 Å². The van der Waals surface area contributed by atoms with Crippen LogP contribution >= 0.6 is 0 Å². The Bertz CT molecular complexity index is 1070. The monoisotopic (exact) mass is 381 g/mol. The van der Waals surface area contributed by atoms with E-state index >= 15 is 0 Å². The lowest BCUT2D eigenvalue weighted by Gasteiger charge is -2.38. The Morgan fingerprint density at radius 1 is 0.966 bits per heavy atom. The van der Waals surface area contributed by atoms with Gasteiger partial charge in [-0.25, -0.2) is 4.79 Å². The Labute approximate surface area is 171 Å². The quantitative estimate of drug-likeness (QED) is 0.449. The van der Waals surface area contributed by atoms with Crippen LogP contribution in [0.4, 0.5) is 5.69 Å². The van der Waals surface area contributed by atoms with Crippen LogP contribution in [-0.4, -0.2) is 13.1 Å². The lowest BCUT2D eigenvalue weighted by atomic mass is 9.76. The van der Waals surface area contributed by atoms with Crippen molar-refractivity contribution in [3.63, 3.8) is 0 Å². The van der Waals surface area contributed by atoms with Crippen molar-refractivity contribution in [3.05, 3.63) is 102 Å². The fourth-order valence-corrected chi connectivity index (χ4v) is 4.75.